The first-order valence-corrected chi connectivity index (χ1v) is 6.60. The predicted molar refractivity (Wildman–Crippen MR) is 73.1 cm³/mol. The maximum absolute atomic E-state index is 9.55. The van der Waals surface area contributed by atoms with Gasteiger partial charge in [0.25, 0.3) is 0 Å². The first kappa shape index (κ1) is 13.6. The first-order valence-electron chi connectivity index (χ1n) is 6.22. The average molecular weight is 271 g/mol. The van der Waals surface area contributed by atoms with Gasteiger partial charge in [-0.1, -0.05) is 24.6 Å². The van der Waals surface area contributed by atoms with Crippen LogP contribution in [-0.4, -0.2) is 42.1 Å². The third-order valence-corrected chi connectivity index (χ3v) is 3.49. The summed E-state index contributed by atoms with van der Waals surface area (Å²) in [7, 11) is 0. The van der Waals surface area contributed by atoms with Crippen LogP contribution in [0, 0.1) is 0 Å². The minimum Gasteiger partial charge on any atom is -0.389 e. The molecule has 0 radical (unpaired) electrons. The quantitative estimate of drug-likeness (QED) is 0.764. The molecule has 2 rings (SSSR count). The van der Waals surface area contributed by atoms with Crippen molar-refractivity contribution in [2.75, 3.05) is 24.5 Å². The minimum absolute atomic E-state index is 0.424. The predicted octanol–water partition coefficient (Wildman–Crippen LogP) is 0.991. The summed E-state index contributed by atoms with van der Waals surface area (Å²) in [6, 6.07) is 5.89. The van der Waals surface area contributed by atoms with Crippen molar-refractivity contribution < 1.29 is 10.2 Å². The third kappa shape index (κ3) is 2.95. The lowest BCUT2D eigenvalue weighted by atomic mass is 10.2. The molecule has 5 heteroatoms. The number of hydrogen-bond donors (Lipinski definition) is 3. The van der Waals surface area contributed by atoms with Gasteiger partial charge in [0.15, 0.2) is 0 Å². The Balaban J connectivity index is 2.10. The van der Waals surface area contributed by atoms with E-state index in [-0.39, 0.29) is 0 Å². The molecule has 0 saturated carbocycles. The number of β-amino-alcohol motifs (C(OH)–C–C–N with tert-alkyl or cyclic N) is 2. The van der Waals surface area contributed by atoms with Gasteiger partial charge < -0.3 is 20.4 Å². The molecule has 1 saturated heterocycles. The molecule has 3 N–H and O–H groups in total. The molecular formula is C13H19ClN2O2. The summed E-state index contributed by atoms with van der Waals surface area (Å²) in [4.78, 5) is 1.91. The van der Waals surface area contributed by atoms with Crippen molar-refractivity contribution in [3.05, 3.63) is 28.8 Å². The zero-order chi connectivity index (χ0) is 13.1. The van der Waals surface area contributed by atoms with E-state index in [4.69, 9.17) is 11.6 Å². The molecular weight excluding hydrogens is 252 g/mol. The zero-order valence-corrected chi connectivity index (χ0v) is 11.2. The molecule has 1 aliphatic rings. The lowest BCUT2D eigenvalue weighted by Gasteiger charge is -2.19. The van der Waals surface area contributed by atoms with Crippen LogP contribution in [-0.2, 0) is 6.54 Å². The topological polar surface area (TPSA) is 55.7 Å². The van der Waals surface area contributed by atoms with Crippen LogP contribution in [0.1, 0.15) is 12.5 Å². The fourth-order valence-electron chi connectivity index (χ4n) is 2.15. The number of benzene rings is 1. The molecule has 18 heavy (non-hydrogen) atoms. The van der Waals surface area contributed by atoms with Crippen molar-refractivity contribution in [2.45, 2.75) is 25.7 Å². The van der Waals surface area contributed by atoms with Crippen molar-refractivity contribution in [3.8, 4) is 0 Å². The van der Waals surface area contributed by atoms with Gasteiger partial charge in [-0.2, -0.15) is 0 Å². The molecule has 100 valence electrons. The Morgan fingerprint density at radius 3 is 2.56 bits per heavy atom. The maximum atomic E-state index is 9.55. The van der Waals surface area contributed by atoms with E-state index in [0.717, 1.165) is 24.3 Å². The lowest BCUT2D eigenvalue weighted by molar-refractivity contribution is 0.0572. The van der Waals surface area contributed by atoms with Crippen LogP contribution in [0.15, 0.2) is 18.2 Å². The highest BCUT2D eigenvalue weighted by Gasteiger charge is 2.30. The molecule has 2 atom stereocenters. The summed E-state index contributed by atoms with van der Waals surface area (Å²) in [6.07, 6.45) is -1.38. The molecule has 1 heterocycles. The van der Waals surface area contributed by atoms with Gasteiger partial charge in [0.2, 0.25) is 0 Å². The number of aliphatic hydroxyl groups excluding tert-OH is 2. The number of hydrogen-bond acceptors (Lipinski definition) is 4. The molecule has 0 bridgehead atoms. The van der Waals surface area contributed by atoms with Crippen LogP contribution in [0.3, 0.4) is 0 Å². The lowest BCUT2D eigenvalue weighted by Crippen LogP contribution is -2.22. The smallest absolute Gasteiger partial charge is 0.0990 e. The van der Waals surface area contributed by atoms with Crippen LogP contribution in [0.2, 0.25) is 5.02 Å². The van der Waals surface area contributed by atoms with Gasteiger partial charge in [-0.15, -0.1) is 0 Å². The van der Waals surface area contributed by atoms with E-state index in [1.165, 1.54) is 0 Å². The maximum Gasteiger partial charge on any atom is 0.0990 e. The summed E-state index contributed by atoms with van der Waals surface area (Å²) in [5.41, 5.74) is 2.00. The number of anilines is 1. The summed E-state index contributed by atoms with van der Waals surface area (Å²) in [6.45, 7) is 4.62. The van der Waals surface area contributed by atoms with Crippen molar-refractivity contribution in [2.24, 2.45) is 0 Å². The molecule has 1 fully saturated rings. The van der Waals surface area contributed by atoms with Gasteiger partial charge in [0.05, 0.1) is 22.9 Å². The second-order valence-electron chi connectivity index (χ2n) is 4.61. The monoisotopic (exact) mass is 270 g/mol. The van der Waals surface area contributed by atoms with Crippen LogP contribution in [0.25, 0.3) is 0 Å². The van der Waals surface area contributed by atoms with Gasteiger partial charge in [-0.25, -0.2) is 0 Å². The highest BCUT2D eigenvalue weighted by Crippen LogP contribution is 2.29. The van der Waals surface area contributed by atoms with E-state index in [2.05, 4.69) is 12.2 Å². The summed E-state index contributed by atoms with van der Waals surface area (Å²) in [5.74, 6) is 0. The normalized spacial score (nSPS) is 23.7. The molecule has 0 spiro atoms. The van der Waals surface area contributed by atoms with E-state index in [1.54, 1.807) is 0 Å². The van der Waals surface area contributed by atoms with Crippen molar-refractivity contribution in [1.29, 1.82) is 0 Å². The highest BCUT2D eigenvalue weighted by molar-refractivity contribution is 6.33. The standard InChI is InChI=1S/C13H19ClN2O2/c1-2-15-6-9-3-4-11(10(14)5-9)16-7-12(17)13(18)8-16/h3-5,12-13,15,17-18H,2,6-8H2,1H3. The van der Waals surface area contributed by atoms with E-state index in [0.29, 0.717) is 18.1 Å². The number of nitrogens with zero attached hydrogens (tertiary/aromatic N) is 1. The second-order valence-corrected chi connectivity index (χ2v) is 5.01. The van der Waals surface area contributed by atoms with E-state index < -0.39 is 12.2 Å². The van der Waals surface area contributed by atoms with Gasteiger partial charge in [-0.3, -0.25) is 0 Å². The molecule has 1 aromatic carbocycles. The Hall–Kier alpha value is -0.810. The Kier molecular flexibility index (Phi) is 4.45. The van der Waals surface area contributed by atoms with E-state index in [1.807, 2.05) is 23.1 Å². The average Bonchev–Trinajstić information content (AvgIpc) is 2.67. The molecule has 1 aliphatic heterocycles. The molecule has 4 nitrogen and oxygen atoms in total. The van der Waals surface area contributed by atoms with Crippen molar-refractivity contribution >= 4 is 17.3 Å². The summed E-state index contributed by atoms with van der Waals surface area (Å²) in [5, 5.41) is 23.0. The van der Waals surface area contributed by atoms with Gasteiger partial charge in [0.1, 0.15) is 0 Å². The van der Waals surface area contributed by atoms with Crippen molar-refractivity contribution in [3.63, 3.8) is 0 Å². The molecule has 0 amide bonds. The Morgan fingerprint density at radius 1 is 1.33 bits per heavy atom. The summed E-state index contributed by atoms with van der Waals surface area (Å²) < 4.78 is 0. The number of nitrogens with one attached hydrogen (secondary N) is 1. The second kappa shape index (κ2) is 5.89. The SMILES string of the molecule is CCNCc1ccc(N2CC(O)C(O)C2)c(Cl)c1. The van der Waals surface area contributed by atoms with Crippen molar-refractivity contribution in [1.82, 2.24) is 5.32 Å². The van der Waals surface area contributed by atoms with E-state index in [9.17, 15) is 10.2 Å². The molecule has 1 aromatic rings. The van der Waals surface area contributed by atoms with Crippen LogP contribution < -0.4 is 10.2 Å². The van der Waals surface area contributed by atoms with Gasteiger partial charge in [-0.05, 0) is 24.2 Å². The zero-order valence-electron chi connectivity index (χ0n) is 10.4. The molecule has 0 aromatic heterocycles. The fourth-order valence-corrected chi connectivity index (χ4v) is 2.48. The minimum atomic E-state index is -0.692. The first-order chi connectivity index (χ1) is 8.61. The largest absolute Gasteiger partial charge is 0.389 e. The summed E-state index contributed by atoms with van der Waals surface area (Å²) >= 11 is 6.25. The number of aliphatic hydroxyl groups is 2. The van der Waals surface area contributed by atoms with Gasteiger partial charge in [0, 0.05) is 19.6 Å². The highest BCUT2D eigenvalue weighted by atomic mass is 35.5. The van der Waals surface area contributed by atoms with E-state index >= 15 is 0 Å². The molecule has 2 unspecified atom stereocenters. The Bertz CT molecular complexity index is 404. The van der Waals surface area contributed by atoms with Crippen LogP contribution in [0.5, 0.6) is 0 Å². The Labute approximate surface area is 112 Å². The molecule has 0 aliphatic carbocycles. The fraction of sp³-hybridized carbons (Fsp3) is 0.538. The van der Waals surface area contributed by atoms with Gasteiger partial charge >= 0.3 is 0 Å². The van der Waals surface area contributed by atoms with Crippen LogP contribution >= 0.6 is 11.6 Å². The number of rotatable bonds is 4. The number of halogens is 1. The Morgan fingerprint density at radius 2 is 2.00 bits per heavy atom. The van der Waals surface area contributed by atoms with Crippen LogP contribution in [0.4, 0.5) is 5.69 Å². The third-order valence-electron chi connectivity index (χ3n) is 3.19.